The van der Waals surface area contributed by atoms with Crippen molar-refractivity contribution >= 4 is 21.9 Å². The van der Waals surface area contributed by atoms with Crippen LogP contribution in [0.1, 0.15) is 45.4 Å². The van der Waals surface area contributed by atoms with Crippen molar-refractivity contribution in [2.24, 2.45) is 0 Å². The number of hydrogen-bond acceptors (Lipinski definition) is 6. The van der Waals surface area contributed by atoms with E-state index in [4.69, 9.17) is 14.6 Å². The largest absolute Gasteiger partial charge is 0.494 e. The minimum absolute atomic E-state index is 0.0831. The third-order valence-electron chi connectivity index (χ3n) is 5.98. The summed E-state index contributed by atoms with van der Waals surface area (Å²) in [7, 11) is -3.77. The number of sulfonamides is 1. The Morgan fingerprint density at radius 2 is 1.61 bits per heavy atom. The van der Waals surface area contributed by atoms with Crippen molar-refractivity contribution in [2.75, 3.05) is 39.3 Å². The van der Waals surface area contributed by atoms with Gasteiger partial charge in [-0.3, -0.25) is 4.79 Å². The maximum Gasteiger partial charge on any atom is 0.490 e. The van der Waals surface area contributed by atoms with Gasteiger partial charge in [0.05, 0.1) is 18.0 Å². The molecule has 2 N–H and O–H groups in total. The fraction of sp³-hybridized carbons (Fsp3) is 0.652. The molecule has 1 aromatic rings. The highest BCUT2D eigenvalue weighted by atomic mass is 32.2. The van der Waals surface area contributed by atoms with Gasteiger partial charge in [0, 0.05) is 32.2 Å². The number of benzene rings is 1. The molecule has 1 aliphatic heterocycles. The van der Waals surface area contributed by atoms with Gasteiger partial charge < -0.3 is 20.1 Å². The zero-order chi connectivity index (χ0) is 26.8. The van der Waals surface area contributed by atoms with Crippen molar-refractivity contribution < 1.29 is 41.0 Å². The van der Waals surface area contributed by atoms with E-state index in [2.05, 4.69) is 5.32 Å². The minimum Gasteiger partial charge on any atom is -0.494 e. The highest BCUT2D eigenvalue weighted by molar-refractivity contribution is 7.89. The Balaban J connectivity index is 0.000000572. The molecule has 2 aliphatic rings. The van der Waals surface area contributed by atoms with Crippen LogP contribution in [0.3, 0.4) is 0 Å². The highest BCUT2D eigenvalue weighted by Gasteiger charge is 2.38. The molecule has 204 valence electrons. The lowest BCUT2D eigenvalue weighted by Crippen LogP contribution is -2.52. The SMILES string of the molecule is CCOc1ccc(S(=O)(=O)N(CC(=O)N2CCNCC2)C2CCCCCC2)cc1.O=C(O)C(F)(F)F. The molecule has 1 heterocycles. The Kier molecular flexibility index (Phi) is 11.4. The Bertz CT molecular complexity index is 943. The second-order valence-electron chi connectivity index (χ2n) is 8.53. The molecule has 1 saturated carbocycles. The van der Waals surface area contributed by atoms with E-state index in [1.807, 2.05) is 6.92 Å². The molecule has 2 fully saturated rings. The molecule has 0 radical (unpaired) electrons. The molecule has 0 atom stereocenters. The number of aliphatic carboxylic acids is 1. The summed E-state index contributed by atoms with van der Waals surface area (Å²) < 4.78 is 65.7. The lowest BCUT2D eigenvalue weighted by molar-refractivity contribution is -0.192. The maximum absolute atomic E-state index is 13.5. The van der Waals surface area contributed by atoms with Gasteiger partial charge in [0.15, 0.2) is 0 Å². The van der Waals surface area contributed by atoms with Crippen molar-refractivity contribution in [2.45, 2.75) is 62.6 Å². The van der Waals surface area contributed by atoms with E-state index in [1.54, 1.807) is 29.2 Å². The van der Waals surface area contributed by atoms with Crippen LogP contribution in [-0.2, 0) is 19.6 Å². The molecule has 1 saturated heterocycles. The van der Waals surface area contributed by atoms with Gasteiger partial charge in [-0.05, 0) is 44.0 Å². The number of carboxylic acid groups (broad SMARTS) is 1. The normalized spacial score (nSPS) is 17.6. The van der Waals surface area contributed by atoms with Crippen LogP contribution in [-0.4, -0.2) is 86.2 Å². The molecule has 9 nitrogen and oxygen atoms in total. The summed E-state index contributed by atoms with van der Waals surface area (Å²) in [4.78, 5) is 23.8. The first-order valence-electron chi connectivity index (χ1n) is 12.0. The number of rotatable bonds is 7. The summed E-state index contributed by atoms with van der Waals surface area (Å²) in [6.07, 6.45) is 0.790. The van der Waals surface area contributed by atoms with Crippen LogP contribution < -0.4 is 10.1 Å². The summed E-state index contributed by atoms with van der Waals surface area (Å²) in [6, 6.07) is 6.40. The molecule has 0 bridgehead atoms. The number of hydrogen-bond donors (Lipinski definition) is 2. The zero-order valence-corrected chi connectivity index (χ0v) is 21.1. The lowest BCUT2D eigenvalue weighted by Gasteiger charge is -2.33. The van der Waals surface area contributed by atoms with E-state index in [9.17, 15) is 26.4 Å². The summed E-state index contributed by atoms with van der Waals surface area (Å²) in [6.45, 7) is 5.09. The summed E-state index contributed by atoms with van der Waals surface area (Å²) >= 11 is 0. The van der Waals surface area contributed by atoms with Gasteiger partial charge in [0.25, 0.3) is 0 Å². The van der Waals surface area contributed by atoms with Crippen LogP contribution >= 0.6 is 0 Å². The molecule has 1 amide bonds. The Labute approximate surface area is 209 Å². The second-order valence-corrected chi connectivity index (χ2v) is 10.4. The zero-order valence-electron chi connectivity index (χ0n) is 20.3. The first-order valence-corrected chi connectivity index (χ1v) is 13.4. The fourth-order valence-corrected chi connectivity index (χ4v) is 5.75. The molecule has 0 aromatic heterocycles. The smallest absolute Gasteiger partial charge is 0.490 e. The first kappa shape index (κ1) is 29.8. The van der Waals surface area contributed by atoms with Crippen molar-refractivity contribution in [3.63, 3.8) is 0 Å². The number of piperazine rings is 1. The van der Waals surface area contributed by atoms with Gasteiger partial charge >= 0.3 is 12.1 Å². The van der Waals surface area contributed by atoms with Crippen molar-refractivity contribution in [3.05, 3.63) is 24.3 Å². The van der Waals surface area contributed by atoms with Crippen LogP contribution in [0.4, 0.5) is 13.2 Å². The maximum atomic E-state index is 13.5. The monoisotopic (exact) mass is 537 g/mol. The van der Waals surface area contributed by atoms with Gasteiger partial charge in [-0.2, -0.15) is 17.5 Å². The van der Waals surface area contributed by atoms with Crippen LogP contribution in [0.5, 0.6) is 5.75 Å². The van der Waals surface area contributed by atoms with E-state index < -0.39 is 22.2 Å². The molecular formula is C23H34F3N3O6S. The molecule has 0 spiro atoms. The highest BCUT2D eigenvalue weighted by Crippen LogP contribution is 2.28. The number of nitrogens with one attached hydrogen (secondary N) is 1. The topological polar surface area (TPSA) is 116 Å². The van der Waals surface area contributed by atoms with Crippen molar-refractivity contribution in [1.82, 2.24) is 14.5 Å². The second kappa shape index (κ2) is 13.8. The van der Waals surface area contributed by atoms with Crippen LogP contribution in [0, 0.1) is 0 Å². The number of carbonyl (C=O) groups is 2. The van der Waals surface area contributed by atoms with E-state index in [0.29, 0.717) is 25.4 Å². The van der Waals surface area contributed by atoms with E-state index in [-0.39, 0.29) is 23.4 Å². The Morgan fingerprint density at radius 3 is 2.08 bits per heavy atom. The first-order chi connectivity index (χ1) is 17.0. The van der Waals surface area contributed by atoms with Crippen LogP contribution in [0.2, 0.25) is 0 Å². The molecule has 13 heteroatoms. The third kappa shape index (κ3) is 8.93. The molecule has 36 heavy (non-hydrogen) atoms. The van der Waals surface area contributed by atoms with Gasteiger partial charge in [-0.25, -0.2) is 13.2 Å². The summed E-state index contributed by atoms with van der Waals surface area (Å²) in [5, 5.41) is 10.4. The predicted octanol–water partition coefficient (Wildman–Crippen LogP) is 2.86. The van der Waals surface area contributed by atoms with Crippen LogP contribution in [0.15, 0.2) is 29.2 Å². The van der Waals surface area contributed by atoms with Crippen molar-refractivity contribution in [3.8, 4) is 5.75 Å². The Morgan fingerprint density at radius 1 is 1.08 bits per heavy atom. The lowest BCUT2D eigenvalue weighted by atomic mass is 10.1. The van der Waals surface area contributed by atoms with Crippen LogP contribution in [0.25, 0.3) is 0 Å². The van der Waals surface area contributed by atoms with Crippen molar-refractivity contribution in [1.29, 1.82) is 0 Å². The quantitative estimate of drug-likeness (QED) is 0.514. The molecule has 1 aliphatic carbocycles. The standard InChI is InChI=1S/C21H33N3O4S.C2HF3O2/c1-2-28-19-9-11-20(12-10-19)29(26,27)24(18-7-5-3-4-6-8-18)17-21(25)23-15-13-22-14-16-23;3-2(4,5)1(6)7/h9-12,18,22H,2-8,13-17H2,1H3;(H,6,7). The van der Waals surface area contributed by atoms with Gasteiger partial charge in [0.1, 0.15) is 5.75 Å². The minimum atomic E-state index is -5.08. The van der Waals surface area contributed by atoms with E-state index in [1.165, 1.54) is 4.31 Å². The molecule has 3 rings (SSSR count). The fourth-order valence-electron chi connectivity index (χ4n) is 4.11. The number of carbonyl (C=O) groups excluding carboxylic acids is 1. The summed E-state index contributed by atoms with van der Waals surface area (Å²) in [5.41, 5.74) is 0. The summed E-state index contributed by atoms with van der Waals surface area (Å²) in [5.74, 6) is -2.22. The Hall–Kier alpha value is -2.38. The number of halogens is 3. The number of ether oxygens (including phenoxy) is 1. The average molecular weight is 538 g/mol. The van der Waals surface area contributed by atoms with E-state index >= 15 is 0 Å². The van der Waals surface area contributed by atoms with Gasteiger partial charge in [-0.1, -0.05) is 25.7 Å². The predicted molar refractivity (Wildman–Crippen MR) is 126 cm³/mol. The van der Waals surface area contributed by atoms with Gasteiger partial charge in [-0.15, -0.1) is 0 Å². The third-order valence-corrected chi connectivity index (χ3v) is 7.89. The van der Waals surface area contributed by atoms with Gasteiger partial charge in [0.2, 0.25) is 15.9 Å². The molecule has 0 unspecified atom stereocenters. The average Bonchev–Trinajstić information content (AvgIpc) is 3.12. The van der Waals surface area contributed by atoms with E-state index in [0.717, 1.165) is 51.6 Å². The number of alkyl halides is 3. The molecular weight excluding hydrogens is 503 g/mol. The number of carboxylic acids is 1. The number of amides is 1. The molecule has 1 aromatic carbocycles. The number of nitrogens with zero attached hydrogens (tertiary/aromatic N) is 2.